The number of hydrogen-bond donors (Lipinski definition) is 0. The molecular weight excluding hydrogens is 141 g/mol. The zero-order valence-corrected chi connectivity index (χ0v) is 6.26. The van der Waals surface area contributed by atoms with Gasteiger partial charge in [-0.1, -0.05) is 12.5 Å². The van der Waals surface area contributed by atoms with E-state index >= 15 is 0 Å². The molecule has 11 heavy (non-hydrogen) atoms. The van der Waals surface area contributed by atoms with Gasteiger partial charge in [0.2, 0.25) is 5.95 Å². The van der Waals surface area contributed by atoms with Gasteiger partial charge in [0, 0.05) is 11.6 Å². The van der Waals surface area contributed by atoms with Crippen LogP contribution in [0.3, 0.4) is 0 Å². The summed E-state index contributed by atoms with van der Waals surface area (Å²) >= 11 is 0. The van der Waals surface area contributed by atoms with Gasteiger partial charge in [0.1, 0.15) is 0 Å². The lowest BCUT2D eigenvalue weighted by atomic mass is 9.83. The van der Waals surface area contributed by atoms with Crippen LogP contribution >= 0.6 is 0 Å². The zero-order chi connectivity index (χ0) is 7.68. The summed E-state index contributed by atoms with van der Waals surface area (Å²) in [6.07, 6.45) is 3.62. The molecule has 58 valence electrons. The molecule has 1 nitrogen and oxygen atoms in total. The highest BCUT2D eigenvalue weighted by atomic mass is 19.1. The van der Waals surface area contributed by atoms with E-state index in [1.165, 1.54) is 25.3 Å². The molecule has 1 aliphatic carbocycles. The van der Waals surface area contributed by atoms with Crippen LogP contribution in [0.2, 0.25) is 0 Å². The minimum absolute atomic E-state index is 0.352. The molecule has 0 atom stereocenters. The number of aromatic nitrogens is 1. The SMILES string of the molecule is Fc1cccc(C2CCC2)n1. The highest BCUT2D eigenvalue weighted by Gasteiger charge is 2.20. The van der Waals surface area contributed by atoms with Gasteiger partial charge in [0.15, 0.2) is 0 Å². The lowest BCUT2D eigenvalue weighted by molar-refractivity contribution is 0.405. The number of rotatable bonds is 1. The first-order chi connectivity index (χ1) is 5.36. The Hall–Kier alpha value is -0.920. The van der Waals surface area contributed by atoms with Gasteiger partial charge in [-0.25, -0.2) is 4.98 Å². The molecule has 1 aliphatic rings. The number of pyridine rings is 1. The molecule has 1 heterocycles. The normalized spacial score (nSPS) is 17.9. The summed E-state index contributed by atoms with van der Waals surface area (Å²) in [6.45, 7) is 0. The fourth-order valence-corrected chi connectivity index (χ4v) is 1.36. The molecule has 0 aromatic carbocycles. The molecule has 2 heteroatoms. The minimum atomic E-state index is -0.352. The van der Waals surface area contributed by atoms with Crippen molar-refractivity contribution in [1.29, 1.82) is 0 Å². The molecule has 0 bridgehead atoms. The smallest absolute Gasteiger partial charge is 0.213 e. The Kier molecular flexibility index (Phi) is 1.60. The molecule has 0 saturated heterocycles. The third-order valence-electron chi connectivity index (χ3n) is 2.26. The van der Waals surface area contributed by atoms with Gasteiger partial charge >= 0.3 is 0 Å². The maximum Gasteiger partial charge on any atom is 0.213 e. The number of halogens is 1. The lowest BCUT2D eigenvalue weighted by Gasteiger charge is -2.24. The largest absolute Gasteiger partial charge is 0.225 e. The summed E-state index contributed by atoms with van der Waals surface area (Å²) in [7, 11) is 0. The van der Waals surface area contributed by atoms with Crippen molar-refractivity contribution in [3.8, 4) is 0 Å². The van der Waals surface area contributed by atoms with Crippen LogP contribution in [-0.2, 0) is 0 Å². The van der Waals surface area contributed by atoms with Gasteiger partial charge < -0.3 is 0 Å². The van der Waals surface area contributed by atoms with E-state index in [1.807, 2.05) is 6.07 Å². The van der Waals surface area contributed by atoms with Gasteiger partial charge in [-0.05, 0) is 25.0 Å². The summed E-state index contributed by atoms with van der Waals surface area (Å²) in [5, 5.41) is 0. The van der Waals surface area contributed by atoms with Crippen molar-refractivity contribution in [3.05, 3.63) is 29.8 Å². The van der Waals surface area contributed by atoms with Crippen molar-refractivity contribution < 1.29 is 4.39 Å². The monoisotopic (exact) mass is 151 g/mol. The van der Waals surface area contributed by atoms with Crippen molar-refractivity contribution in [2.45, 2.75) is 25.2 Å². The quantitative estimate of drug-likeness (QED) is 0.562. The highest BCUT2D eigenvalue weighted by molar-refractivity contribution is 5.12. The van der Waals surface area contributed by atoms with Gasteiger partial charge in [-0.15, -0.1) is 0 Å². The topological polar surface area (TPSA) is 12.9 Å². The highest BCUT2D eigenvalue weighted by Crippen LogP contribution is 2.34. The second-order valence-corrected chi connectivity index (χ2v) is 3.01. The predicted octanol–water partition coefficient (Wildman–Crippen LogP) is 2.49. The van der Waals surface area contributed by atoms with Crippen LogP contribution in [0.25, 0.3) is 0 Å². The van der Waals surface area contributed by atoms with Crippen LogP contribution in [0.4, 0.5) is 4.39 Å². The summed E-state index contributed by atoms with van der Waals surface area (Å²) < 4.78 is 12.6. The molecule has 2 rings (SSSR count). The third kappa shape index (κ3) is 1.25. The minimum Gasteiger partial charge on any atom is -0.225 e. The molecule has 0 spiro atoms. The second-order valence-electron chi connectivity index (χ2n) is 3.01. The zero-order valence-electron chi connectivity index (χ0n) is 6.26. The maximum atomic E-state index is 12.6. The van der Waals surface area contributed by atoms with Crippen LogP contribution in [0, 0.1) is 5.95 Å². The molecule has 0 N–H and O–H groups in total. The Morgan fingerprint density at radius 1 is 1.36 bits per heavy atom. The average Bonchev–Trinajstić information content (AvgIpc) is 1.83. The second kappa shape index (κ2) is 2.61. The van der Waals surface area contributed by atoms with E-state index in [0.29, 0.717) is 5.92 Å². The van der Waals surface area contributed by atoms with Gasteiger partial charge in [-0.2, -0.15) is 4.39 Å². The number of hydrogen-bond acceptors (Lipinski definition) is 1. The molecule has 1 aromatic rings. The molecule has 0 amide bonds. The van der Waals surface area contributed by atoms with E-state index in [1.54, 1.807) is 6.07 Å². The van der Waals surface area contributed by atoms with Crippen LogP contribution in [-0.4, -0.2) is 4.98 Å². The fraction of sp³-hybridized carbons (Fsp3) is 0.444. The Labute approximate surface area is 65.3 Å². The summed E-state index contributed by atoms with van der Waals surface area (Å²) in [6, 6.07) is 5.03. The molecule has 1 saturated carbocycles. The van der Waals surface area contributed by atoms with E-state index in [9.17, 15) is 4.39 Å². The molecular formula is C9H10FN. The Morgan fingerprint density at radius 2 is 2.18 bits per heavy atom. The van der Waals surface area contributed by atoms with E-state index in [0.717, 1.165) is 5.69 Å². The van der Waals surface area contributed by atoms with Crippen molar-refractivity contribution in [2.24, 2.45) is 0 Å². The maximum absolute atomic E-state index is 12.6. The first-order valence-corrected chi connectivity index (χ1v) is 3.99. The Balaban J connectivity index is 2.23. The predicted molar refractivity (Wildman–Crippen MR) is 40.8 cm³/mol. The lowest BCUT2D eigenvalue weighted by Crippen LogP contribution is -2.10. The van der Waals surface area contributed by atoms with E-state index in [2.05, 4.69) is 4.98 Å². The third-order valence-corrected chi connectivity index (χ3v) is 2.26. The van der Waals surface area contributed by atoms with Crippen molar-refractivity contribution in [3.63, 3.8) is 0 Å². The summed E-state index contributed by atoms with van der Waals surface area (Å²) in [4.78, 5) is 3.83. The Bertz CT molecular complexity index is 255. The molecule has 0 radical (unpaired) electrons. The Morgan fingerprint density at radius 3 is 2.73 bits per heavy atom. The number of nitrogens with zero attached hydrogens (tertiary/aromatic N) is 1. The average molecular weight is 151 g/mol. The van der Waals surface area contributed by atoms with Gasteiger partial charge in [0.25, 0.3) is 0 Å². The van der Waals surface area contributed by atoms with Gasteiger partial charge in [0.05, 0.1) is 0 Å². The molecule has 1 fully saturated rings. The van der Waals surface area contributed by atoms with Crippen LogP contribution in [0.15, 0.2) is 18.2 Å². The standard InChI is InChI=1S/C9H10FN/c10-9-6-2-5-8(11-9)7-3-1-4-7/h2,5-7H,1,3-4H2. The van der Waals surface area contributed by atoms with E-state index in [-0.39, 0.29) is 5.95 Å². The molecule has 0 aliphatic heterocycles. The first-order valence-electron chi connectivity index (χ1n) is 3.99. The van der Waals surface area contributed by atoms with Crippen LogP contribution < -0.4 is 0 Å². The fourth-order valence-electron chi connectivity index (χ4n) is 1.36. The van der Waals surface area contributed by atoms with Crippen LogP contribution in [0.1, 0.15) is 30.9 Å². The van der Waals surface area contributed by atoms with E-state index in [4.69, 9.17) is 0 Å². The summed E-state index contributed by atoms with van der Waals surface area (Å²) in [5.74, 6) is 0.181. The summed E-state index contributed by atoms with van der Waals surface area (Å²) in [5.41, 5.74) is 0.927. The molecule has 0 unspecified atom stereocenters. The van der Waals surface area contributed by atoms with E-state index < -0.39 is 0 Å². The molecule has 1 aromatic heterocycles. The van der Waals surface area contributed by atoms with Crippen molar-refractivity contribution in [2.75, 3.05) is 0 Å². The van der Waals surface area contributed by atoms with Crippen LogP contribution in [0.5, 0.6) is 0 Å². The van der Waals surface area contributed by atoms with Gasteiger partial charge in [-0.3, -0.25) is 0 Å². The van der Waals surface area contributed by atoms with Crippen molar-refractivity contribution in [1.82, 2.24) is 4.98 Å². The van der Waals surface area contributed by atoms with Crippen molar-refractivity contribution >= 4 is 0 Å². The first kappa shape index (κ1) is 6.77.